The molecule has 0 spiro atoms. The summed E-state index contributed by atoms with van der Waals surface area (Å²) < 4.78 is 6.99. The number of carbonyl (C=O) groups is 1. The molecular formula is C13H15N3O3. The minimum atomic E-state index is -0.991. The van der Waals surface area contributed by atoms with Crippen LogP contribution < -0.4 is 4.74 Å². The normalized spacial score (nSPS) is 12.1. The van der Waals surface area contributed by atoms with Gasteiger partial charge >= 0.3 is 5.97 Å². The minimum absolute atomic E-state index is 0.515. The van der Waals surface area contributed by atoms with Crippen LogP contribution in [0.1, 0.15) is 13.8 Å². The second-order valence-corrected chi connectivity index (χ2v) is 4.08. The van der Waals surface area contributed by atoms with Crippen LogP contribution in [0.4, 0.5) is 0 Å². The van der Waals surface area contributed by atoms with E-state index >= 15 is 0 Å². The van der Waals surface area contributed by atoms with Crippen LogP contribution in [0.15, 0.2) is 30.5 Å². The van der Waals surface area contributed by atoms with E-state index in [1.165, 1.54) is 6.92 Å². The first-order valence-electron chi connectivity index (χ1n) is 6.00. The van der Waals surface area contributed by atoms with Crippen LogP contribution in [0.2, 0.25) is 0 Å². The lowest BCUT2D eigenvalue weighted by Gasteiger charge is -2.10. The van der Waals surface area contributed by atoms with Crippen LogP contribution >= 0.6 is 0 Å². The van der Waals surface area contributed by atoms with E-state index in [2.05, 4.69) is 10.3 Å². The van der Waals surface area contributed by atoms with Gasteiger partial charge in [-0.05, 0) is 38.1 Å². The minimum Gasteiger partial charge on any atom is -0.479 e. The van der Waals surface area contributed by atoms with Crippen molar-refractivity contribution in [3.05, 3.63) is 30.5 Å². The highest BCUT2D eigenvalue weighted by Gasteiger charge is 2.12. The molecule has 0 saturated heterocycles. The zero-order chi connectivity index (χ0) is 13.8. The molecule has 19 heavy (non-hydrogen) atoms. The van der Waals surface area contributed by atoms with Crippen molar-refractivity contribution in [2.24, 2.45) is 0 Å². The fourth-order valence-electron chi connectivity index (χ4n) is 1.54. The third-order valence-corrected chi connectivity index (χ3v) is 2.67. The Morgan fingerprint density at radius 3 is 2.63 bits per heavy atom. The van der Waals surface area contributed by atoms with Crippen molar-refractivity contribution in [3.63, 3.8) is 0 Å². The van der Waals surface area contributed by atoms with Gasteiger partial charge in [-0.2, -0.15) is 0 Å². The highest BCUT2D eigenvalue weighted by molar-refractivity contribution is 5.72. The van der Waals surface area contributed by atoms with E-state index in [1.54, 1.807) is 16.8 Å². The maximum atomic E-state index is 10.7. The lowest BCUT2D eigenvalue weighted by molar-refractivity contribution is -0.144. The topological polar surface area (TPSA) is 77.2 Å². The summed E-state index contributed by atoms with van der Waals surface area (Å²) in [7, 11) is 0. The number of carboxylic acid groups (broad SMARTS) is 1. The molecule has 1 aromatic carbocycles. The van der Waals surface area contributed by atoms with Gasteiger partial charge in [0.2, 0.25) is 0 Å². The van der Waals surface area contributed by atoms with Crippen LogP contribution in [0.5, 0.6) is 5.75 Å². The molecule has 1 heterocycles. The molecule has 2 aromatic rings. The number of ether oxygens (including phenoxy) is 1. The molecule has 0 aliphatic rings. The molecule has 1 unspecified atom stereocenters. The monoisotopic (exact) mass is 261 g/mol. The number of aliphatic carboxylic acids is 1. The molecule has 0 amide bonds. The second-order valence-electron chi connectivity index (χ2n) is 4.08. The van der Waals surface area contributed by atoms with Gasteiger partial charge in [-0.3, -0.25) is 4.68 Å². The van der Waals surface area contributed by atoms with Gasteiger partial charge in [-0.15, -0.1) is 5.10 Å². The van der Waals surface area contributed by atoms with Gasteiger partial charge in [0, 0.05) is 12.1 Å². The van der Waals surface area contributed by atoms with Gasteiger partial charge in [0.25, 0.3) is 0 Å². The fourth-order valence-corrected chi connectivity index (χ4v) is 1.54. The van der Waals surface area contributed by atoms with Crippen LogP contribution in [0, 0.1) is 0 Å². The van der Waals surface area contributed by atoms with Crippen LogP contribution in [-0.4, -0.2) is 32.2 Å². The Bertz CT molecular complexity index is 563. The second kappa shape index (κ2) is 5.51. The standard InChI is InChI=1S/C13H15N3O3/c1-3-16-8-12(14-15-16)10-4-6-11(7-5-10)19-9(2)13(17)18/h4-9H,3H2,1-2H3,(H,17,18). The molecule has 1 N–H and O–H groups in total. The van der Waals surface area contributed by atoms with Crippen molar-refractivity contribution in [2.45, 2.75) is 26.5 Å². The average molecular weight is 261 g/mol. The maximum Gasteiger partial charge on any atom is 0.344 e. The van der Waals surface area contributed by atoms with E-state index in [0.29, 0.717) is 5.75 Å². The third-order valence-electron chi connectivity index (χ3n) is 2.67. The molecule has 0 aliphatic heterocycles. The molecule has 0 aliphatic carbocycles. The first-order valence-corrected chi connectivity index (χ1v) is 6.00. The molecule has 100 valence electrons. The number of carboxylic acids is 1. The van der Waals surface area contributed by atoms with Crippen molar-refractivity contribution >= 4 is 5.97 Å². The Kier molecular flexibility index (Phi) is 3.79. The summed E-state index contributed by atoms with van der Waals surface area (Å²) in [5.41, 5.74) is 1.69. The summed E-state index contributed by atoms with van der Waals surface area (Å²) in [6, 6.07) is 7.10. The quantitative estimate of drug-likeness (QED) is 0.888. The van der Waals surface area contributed by atoms with Crippen LogP contribution in [0.3, 0.4) is 0 Å². The summed E-state index contributed by atoms with van der Waals surface area (Å²) in [4.78, 5) is 10.7. The number of rotatable bonds is 5. The first-order chi connectivity index (χ1) is 9.10. The molecule has 0 saturated carbocycles. The molecule has 6 nitrogen and oxygen atoms in total. The molecule has 2 rings (SSSR count). The largest absolute Gasteiger partial charge is 0.479 e. The van der Waals surface area contributed by atoms with E-state index in [1.807, 2.05) is 25.3 Å². The Hall–Kier alpha value is -2.37. The number of nitrogens with zero attached hydrogens (tertiary/aromatic N) is 3. The van der Waals surface area contributed by atoms with Crippen molar-refractivity contribution in [3.8, 4) is 17.0 Å². The summed E-state index contributed by atoms with van der Waals surface area (Å²) in [5.74, 6) is -0.475. The predicted molar refractivity (Wildman–Crippen MR) is 68.9 cm³/mol. The lowest BCUT2D eigenvalue weighted by atomic mass is 10.1. The zero-order valence-electron chi connectivity index (χ0n) is 10.8. The van der Waals surface area contributed by atoms with Crippen molar-refractivity contribution in [1.82, 2.24) is 15.0 Å². The molecule has 6 heteroatoms. The number of hydrogen-bond donors (Lipinski definition) is 1. The summed E-state index contributed by atoms with van der Waals surface area (Å²) in [6.45, 7) is 4.25. The Balaban J connectivity index is 2.12. The Morgan fingerprint density at radius 1 is 1.42 bits per heavy atom. The lowest BCUT2D eigenvalue weighted by Crippen LogP contribution is -2.22. The van der Waals surface area contributed by atoms with E-state index in [0.717, 1.165) is 17.8 Å². The summed E-state index contributed by atoms with van der Waals surface area (Å²) >= 11 is 0. The highest BCUT2D eigenvalue weighted by atomic mass is 16.5. The van der Waals surface area contributed by atoms with Gasteiger partial charge in [-0.25, -0.2) is 4.79 Å². The van der Waals surface area contributed by atoms with E-state index in [-0.39, 0.29) is 0 Å². The predicted octanol–water partition coefficient (Wildman–Crippen LogP) is 1.82. The zero-order valence-corrected chi connectivity index (χ0v) is 10.8. The van der Waals surface area contributed by atoms with Gasteiger partial charge in [0.1, 0.15) is 11.4 Å². The van der Waals surface area contributed by atoms with Gasteiger partial charge in [0.15, 0.2) is 6.10 Å². The first kappa shape index (κ1) is 13.1. The summed E-state index contributed by atoms with van der Waals surface area (Å²) in [5, 5.41) is 16.8. The smallest absolute Gasteiger partial charge is 0.344 e. The average Bonchev–Trinajstić information content (AvgIpc) is 2.88. The Morgan fingerprint density at radius 2 is 2.11 bits per heavy atom. The molecule has 0 radical (unpaired) electrons. The number of hydrogen-bond acceptors (Lipinski definition) is 4. The van der Waals surface area contributed by atoms with Gasteiger partial charge in [0.05, 0.1) is 6.20 Å². The molecule has 0 fully saturated rings. The molecule has 1 aromatic heterocycles. The van der Waals surface area contributed by atoms with Crippen LogP contribution in [-0.2, 0) is 11.3 Å². The molecule has 0 bridgehead atoms. The highest BCUT2D eigenvalue weighted by Crippen LogP contribution is 2.20. The molecular weight excluding hydrogens is 246 g/mol. The van der Waals surface area contributed by atoms with Crippen molar-refractivity contribution < 1.29 is 14.6 Å². The van der Waals surface area contributed by atoms with Crippen molar-refractivity contribution in [1.29, 1.82) is 0 Å². The van der Waals surface area contributed by atoms with E-state index < -0.39 is 12.1 Å². The van der Waals surface area contributed by atoms with Crippen LogP contribution in [0.25, 0.3) is 11.3 Å². The Labute approximate surface area is 110 Å². The number of aryl methyl sites for hydroxylation is 1. The third kappa shape index (κ3) is 3.09. The van der Waals surface area contributed by atoms with Gasteiger partial charge < -0.3 is 9.84 Å². The van der Waals surface area contributed by atoms with E-state index in [4.69, 9.17) is 9.84 Å². The van der Waals surface area contributed by atoms with Crippen molar-refractivity contribution in [2.75, 3.05) is 0 Å². The fraction of sp³-hybridized carbons (Fsp3) is 0.308. The van der Waals surface area contributed by atoms with E-state index in [9.17, 15) is 4.79 Å². The maximum absolute atomic E-state index is 10.7. The number of aromatic nitrogens is 3. The summed E-state index contributed by atoms with van der Waals surface area (Å²) in [6.07, 6.45) is 0.988. The number of benzene rings is 1. The SMILES string of the molecule is CCn1cc(-c2ccc(OC(C)C(=O)O)cc2)nn1. The van der Waals surface area contributed by atoms with Gasteiger partial charge in [-0.1, -0.05) is 5.21 Å². The molecule has 1 atom stereocenters.